The fraction of sp³-hybridized carbons (Fsp3) is 0.538. The van der Waals surface area contributed by atoms with Crippen LogP contribution in [0.4, 0.5) is 5.69 Å². The van der Waals surface area contributed by atoms with Crippen LogP contribution in [0.1, 0.15) is 25.8 Å². The molecule has 1 aromatic carbocycles. The molecule has 3 heteroatoms. The molecule has 2 N–H and O–H groups in total. The maximum atomic E-state index is 5.96. The van der Waals surface area contributed by atoms with Crippen LogP contribution in [0.5, 0.6) is 5.75 Å². The summed E-state index contributed by atoms with van der Waals surface area (Å²) in [6, 6.07) is 5.83. The van der Waals surface area contributed by atoms with Gasteiger partial charge in [-0.05, 0) is 43.3 Å². The van der Waals surface area contributed by atoms with Crippen LogP contribution < -0.4 is 10.5 Å². The Kier molecular flexibility index (Phi) is 5.12. The maximum Gasteiger partial charge on any atom is 0.119 e. The predicted octanol–water partition coefficient (Wildman–Crippen LogP) is 2.51. The van der Waals surface area contributed by atoms with Crippen LogP contribution in [0.3, 0.4) is 0 Å². The van der Waals surface area contributed by atoms with Gasteiger partial charge < -0.3 is 10.5 Å². The van der Waals surface area contributed by atoms with Gasteiger partial charge in [0.15, 0.2) is 0 Å². The summed E-state index contributed by atoms with van der Waals surface area (Å²) in [5.41, 5.74) is 7.95. The zero-order valence-electron chi connectivity index (χ0n) is 10.5. The fourth-order valence-corrected chi connectivity index (χ4v) is 1.75. The highest BCUT2D eigenvalue weighted by Crippen LogP contribution is 2.20. The Balaban J connectivity index is 2.77. The van der Waals surface area contributed by atoms with E-state index < -0.39 is 0 Å². The van der Waals surface area contributed by atoms with E-state index in [4.69, 9.17) is 10.5 Å². The van der Waals surface area contributed by atoms with E-state index in [-0.39, 0.29) is 0 Å². The van der Waals surface area contributed by atoms with Crippen LogP contribution >= 0.6 is 0 Å². The normalized spacial score (nSPS) is 10.8. The molecule has 0 saturated heterocycles. The number of benzene rings is 1. The van der Waals surface area contributed by atoms with Crippen molar-refractivity contribution in [3.63, 3.8) is 0 Å². The molecule has 0 aliphatic heterocycles. The summed E-state index contributed by atoms with van der Waals surface area (Å²) in [4.78, 5) is 2.38. The fourth-order valence-electron chi connectivity index (χ4n) is 1.75. The van der Waals surface area contributed by atoms with E-state index >= 15 is 0 Å². The maximum absolute atomic E-state index is 5.96. The highest BCUT2D eigenvalue weighted by Gasteiger charge is 2.06. The van der Waals surface area contributed by atoms with E-state index in [0.29, 0.717) is 0 Å². The molecule has 1 rings (SSSR count). The molecule has 0 aliphatic rings. The second kappa shape index (κ2) is 6.38. The molecule has 3 nitrogen and oxygen atoms in total. The molecule has 0 unspecified atom stereocenters. The molecule has 0 heterocycles. The first kappa shape index (κ1) is 12.8. The second-order valence-corrected chi connectivity index (χ2v) is 3.93. The average Bonchev–Trinajstić information content (AvgIpc) is 2.31. The quantitative estimate of drug-likeness (QED) is 0.752. The number of hydrogen-bond acceptors (Lipinski definition) is 3. The van der Waals surface area contributed by atoms with Crippen molar-refractivity contribution in [2.45, 2.75) is 26.8 Å². The van der Waals surface area contributed by atoms with Crippen molar-refractivity contribution < 1.29 is 4.74 Å². The molecule has 0 saturated carbocycles. The summed E-state index contributed by atoms with van der Waals surface area (Å²) in [6.07, 6.45) is 1.16. The zero-order chi connectivity index (χ0) is 12.0. The van der Waals surface area contributed by atoms with E-state index in [2.05, 4.69) is 18.7 Å². The molecular formula is C13H22N2O. The first-order valence-corrected chi connectivity index (χ1v) is 5.86. The van der Waals surface area contributed by atoms with Gasteiger partial charge in [-0.25, -0.2) is 0 Å². The number of methoxy groups -OCH3 is 1. The number of ether oxygens (including phenoxy) is 1. The van der Waals surface area contributed by atoms with E-state index in [1.54, 1.807) is 7.11 Å². The van der Waals surface area contributed by atoms with E-state index in [1.807, 2.05) is 18.2 Å². The van der Waals surface area contributed by atoms with Crippen LogP contribution in [-0.2, 0) is 6.54 Å². The molecule has 0 bridgehead atoms. The first-order valence-electron chi connectivity index (χ1n) is 5.86. The summed E-state index contributed by atoms with van der Waals surface area (Å²) < 4.78 is 5.21. The average molecular weight is 222 g/mol. The summed E-state index contributed by atoms with van der Waals surface area (Å²) >= 11 is 0. The number of rotatable bonds is 6. The lowest BCUT2D eigenvalue weighted by Crippen LogP contribution is -2.24. The van der Waals surface area contributed by atoms with Crippen molar-refractivity contribution in [1.29, 1.82) is 0 Å². The number of hydrogen-bond donors (Lipinski definition) is 1. The molecular weight excluding hydrogens is 200 g/mol. The topological polar surface area (TPSA) is 38.5 Å². The summed E-state index contributed by atoms with van der Waals surface area (Å²) in [5.74, 6) is 0.872. The summed E-state index contributed by atoms with van der Waals surface area (Å²) in [6.45, 7) is 7.41. The van der Waals surface area contributed by atoms with Gasteiger partial charge in [-0.2, -0.15) is 0 Å². The minimum absolute atomic E-state index is 0.843. The van der Waals surface area contributed by atoms with Crippen molar-refractivity contribution in [3.05, 3.63) is 23.8 Å². The highest BCUT2D eigenvalue weighted by atomic mass is 16.5. The molecule has 0 aliphatic carbocycles. The van der Waals surface area contributed by atoms with Gasteiger partial charge in [0.2, 0.25) is 0 Å². The molecule has 0 spiro atoms. The van der Waals surface area contributed by atoms with Crippen LogP contribution in [0.25, 0.3) is 0 Å². The Morgan fingerprint density at radius 3 is 2.62 bits per heavy atom. The monoisotopic (exact) mass is 222 g/mol. The van der Waals surface area contributed by atoms with Crippen molar-refractivity contribution in [3.8, 4) is 5.75 Å². The van der Waals surface area contributed by atoms with Gasteiger partial charge in [-0.3, -0.25) is 4.90 Å². The minimum atomic E-state index is 0.843. The third kappa shape index (κ3) is 3.42. The number of nitrogens with zero attached hydrogens (tertiary/aromatic N) is 1. The van der Waals surface area contributed by atoms with Crippen molar-refractivity contribution >= 4 is 5.69 Å². The Morgan fingerprint density at radius 1 is 1.31 bits per heavy atom. The van der Waals surface area contributed by atoms with Gasteiger partial charge in [0.1, 0.15) is 5.75 Å². The van der Waals surface area contributed by atoms with E-state index in [9.17, 15) is 0 Å². The third-order valence-electron chi connectivity index (χ3n) is 2.73. The first-order chi connectivity index (χ1) is 7.71. The largest absolute Gasteiger partial charge is 0.497 e. The molecule has 1 aromatic rings. The zero-order valence-corrected chi connectivity index (χ0v) is 10.5. The number of nitrogen functional groups attached to an aromatic ring is 1. The Hall–Kier alpha value is -1.22. The lowest BCUT2D eigenvalue weighted by atomic mass is 10.1. The van der Waals surface area contributed by atoms with E-state index in [1.165, 1.54) is 0 Å². The van der Waals surface area contributed by atoms with E-state index in [0.717, 1.165) is 43.1 Å². The highest BCUT2D eigenvalue weighted by molar-refractivity contribution is 5.50. The Bertz CT molecular complexity index is 326. The number of anilines is 1. The van der Waals surface area contributed by atoms with Crippen molar-refractivity contribution in [2.24, 2.45) is 0 Å². The van der Waals surface area contributed by atoms with Gasteiger partial charge in [-0.15, -0.1) is 0 Å². The standard InChI is InChI=1S/C13H22N2O/c1-4-8-15(5-2)10-11-9-12(16-3)6-7-13(11)14/h6-7,9H,4-5,8,10,14H2,1-3H3. The predicted molar refractivity (Wildman–Crippen MR) is 68.6 cm³/mol. The Labute approximate surface area is 98.2 Å². The molecule has 0 fully saturated rings. The smallest absolute Gasteiger partial charge is 0.119 e. The molecule has 90 valence electrons. The van der Waals surface area contributed by atoms with Gasteiger partial charge in [-0.1, -0.05) is 13.8 Å². The molecule has 0 aromatic heterocycles. The van der Waals surface area contributed by atoms with Crippen LogP contribution in [-0.4, -0.2) is 25.1 Å². The Morgan fingerprint density at radius 2 is 2.06 bits per heavy atom. The summed E-state index contributed by atoms with van der Waals surface area (Å²) in [5, 5.41) is 0. The van der Waals surface area contributed by atoms with Crippen molar-refractivity contribution in [1.82, 2.24) is 4.90 Å². The lowest BCUT2D eigenvalue weighted by Gasteiger charge is -2.20. The third-order valence-corrected chi connectivity index (χ3v) is 2.73. The molecule has 16 heavy (non-hydrogen) atoms. The van der Waals surface area contributed by atoms with Gasteiger partial charge in [0.05, 0.1) is 7.11 Å². The van der Waals surface area contributed by atoms with Crippen molar-refractivity contribution in [2.75, 3.05) is 25.9 Å². The van der Waals surface area contributed by atoms with Gasteiger partial charge in [0, 0.05) is 12.2 Å². The molecule has 0 radical (unpaired) electrons. The second-order valence-electron chi connectivity index (χ2n) is 3.93. The van der Waals surface area contributed by atoms with Crippen LogP contribution in [0, 0.1) is 0 Å². The van der Waals surface area contributed by atoms with Crippen LogP contribution in [0.2, 0.25) is 0 Å². The lowest BCUT2D eigenvalue weighted by molar-refractivity contribution is 0.280. The minimum Gasteiger partial charge on any atom is -0.497 e. The van der Waals surface area contributed by atoms with Gasteiger partial charge in [0.25, 0.3) is 0 Å². The van der Waals surface area contributed by atoms with Gasteiger partial charge >= 0.3 is 0 Å². The SMILES string of the molecule is CCCN(CC)Cc1cc(OC)ccc1N. The summed E-state index contributed by atoms with van der Waals surface area (Å²) in [7, 11) is 1.68. The molecule has 0 amide bonds. The molecule has 0 atom stereocenters. The number of nitrogens with two attached hydrogens (primary N) is 1. The van der Waals surface area contributed by atoms with Crippen LogP contribution in [0.15, 0.2) is 18.2 Å².